The fourth-order valence-electron chi connectivity index (χ4n) is 0. The molecule has 5 heteroatoms. The van der Waals surface area contributed by atoms with Crippen molar-refractivity contribution in [1.29, 1.82) is 0 Å². The SMILES string of the molecule is I.N.NC=C(N)N. The second kappa shape index (κ2) is 9.27. The molecule has 0 fully saturated rings. The summed E-state index contributed by atoms with van der Waals surface area (Å²) in [6.07, 6.45) is 1.14. The van der Waals surface area contributed by atoms with Gasteiger partial charge in [-0.25, -0.2) is 0 Å². The first-order chi connectivity index (χ1) is 2.27. The van der Waals surface area contributed by atoms with Gasteiger partial charge in [-0.2, -0.15) is 0 Å². The van der Waals surface area contributed by atoms with E-state index in [9.17, 15) is 0 Å². The van der Waals surface area contributed by atoms with Crippen molar-refractivity contribution in [2.75, 3.05) is 0 Å². The average Bonchev–Trinajstić information content (AvgIpc) is 1.38. The van der Waals surface area contributed by atoms with E-state index in [1.54, 1.807) is 0 Å². The lowest BCUT2D eigenvalue weighted by molar-refractivity contribution is 1.22. The Labute approximate surface area is 59.7 Å². The quantitative estimate of drug-likeness (QED) is 0.408. The molecular weight excluding hydrogens is 207 g/mol. The lowest BCUT2D eigenvalue weighted by atomic mass is 10.8. The summed E-state index contributed by atoms with van der Waals surface area (Å²) in [7, 11) is 0. The molecule has 7 heavy (non-hydrogen) atoms. The van der Waals surface area contributed by atoms with Crippen molar-refractivity contribution in [2.45, 2.75) is 0 Å². The summed E-state index contributed by atoms with van der Waals surface area (Å²) in [6.45, 7) is 0. The maximum Gasteiger partial charge on any atom is 0.109 e. The van der Waals surface area contributed by atoms with E-state index in [0.717, 1.165) is 6.20 Å². The van der Waals surface area contributed by atoms with Crippen LogP contribution in [0.2, 0.25) is 0 Å². The van der Waals surface area contributed by atoms with Crippen LogP contribution >= 0.6 is 24.0 Å². The molecule has 0 unspecified atom stereocenters. The molecule has 0 amide bonds. The van der Waals surface area contributed by atoms with Crippen molar-refractivity contribution < 1.29 is 0 Å². The number of halogens is 1. The standard InChI is InChI=1S/C2H7N3.HI.H3N/c3-1-2(4)5;;/h1H,3-5H2;1H;1H3. The molecule has 0 radical (unpaired) electrons. The zero-order chi connectivity index (χ0) is 4.28. The van der Waals surface area contributed by atoms with Crippen LogP contribution in [0.3, 0.4) is 0 Å². The first kappa shape index (κ1) is 15.8. The van der Waals surface area contributed by atoms with Crippen LogP contribution in [-0.2, 0) is 0 Å². The molecule has 0 atom stereocenters. The van der Waals surface area contributed by atoms with Gasteiger partial charge >= 0.3 is 0 Å². The Hall–Kier alpha value is -0.170. The highest BCUT2D eigenvalue weighted by Gasteiger charge is 1.59. The maximum absolute atomic E-state index is 4.81. The third-order valence-corrected chi connectivity index (χ3v) is 0.192. The highest BCUT2D eigenvalue weighted by Crippen LogP contribution is 1.49. The highest BCUT2D eigenvalue weighted by atomic mass is 127. The molecule has 0 aliphatic carbocycles. The van der Waals surface area contributed by atoms with Gasteiger partial charge in [-0.1, -0.05) is 0 Å². The van der Waals surface area contributed by atoms with Crippen molar-refractivity contribution in [3.63, 3.8) is 0 Å². The van der Waals surface area contributed by atoms with E-state index in [2.05, 4.69) is 0 Å². The minimum Gasteiger partial charge on any atom is -0.402 e. The van der Waals surface area contributed by atoms with Crippen LogP contribution < -0.4 is 23.4 Å². The van der Waals surface area contributed by atoms with Gasteiger partial charge in [0.25, 0.3) is 0 Å². The topological polar surface area (TPSA) is 113 Å². The van der Waals surface area contributed by atoms with Gasteiger partial charge in [0.05, 0.1) is 0 Å². The second-order valence-electron chi connectivity index (χ2n) is 0.667. The molecule has 0 aromatic carbocycles. The van der Waals surface area contributed by atoms with Crippen molar-refractivity contribution in [3.8, 4) is 0 Å². The van der Waals surface area contributed by atoms with Crippen molar-refractivity contribution in [2.24, 2.45) is 17.2 Å². The van der Waals surface area contributed by atoms with Crippen molar-refractivity contribution >= 4 is 24.0 Å². The summed E-state index contributed by atoms with van der Waals surface area (Å²) in [6, 6.07) is 0. The van der Waals surface area contributed by atoms with Crippen LogP contribution in [-0.4, -0.2) is 0 Å². The van der Waals surface area contributed by atoms with E-state index < -0.39 is 0 Å². The molecule has 0 saturated heterocycles. The van der Waals surface area contributed by atoms with E-state index in [4.69, 9.17) is 17.2 Å². The van der Waals surface area contributed by atoms with Crippen LogP contribution in [0, 0.1) is 0 Å². The van der Waals surface area contributed by atoms with Gasteiger partial charge in [0.2, 0.25) is 0 Å². The summed E-state index contributed by atoms with van der Waals surface area (Å²) in [5.74, 6) is 0.157. The van der Waals surface area contributed by atoms with Crippen LogP contribution in [0.5, 0.6) is 0 Å². The van der Waals surface area contributed by atoms with Gasteiger partial charge in [-0.05, 0) is 0 Å². The van der Waals surface area contributed by atoms with E-state index in [-0.39, 0.29) is 35.9 Å². The largest absolute Gasteiger partial charge is 0.402 e. The zero-order valence-corrected chi connectivity index (χ0v) is 6.26. The lowest BCUT2D eigenvalue weighted by Crippen LogP contribution is -2.09. The molecule has 0 heterocycles. The molecule has 0 aromatic rings. The second-order valence-corrected chi connectivity index (χ2v) is 0.667. The molecule has 0 rings (SSSR count). The summed E-state index contributed by atoms with van der Waals surface area (Å²) in [4.78, 5) is 0. The van der Waals surface area contributed by atoms with E-state index in [1.807, 2.05) is 0 Å². The minimum atomic E-state index is 0. The molecule has 0 aliphatic heterocycles. The Balaban J connectivity index is -0.0000000800. The smallest absolute Gasteiger partial charge is 0.109 e. The molecule has 4 nitrogen and oxygen atoms in total. The van der Waals surface area contributed by atoms with Gasteiger partial charge in [0.15, 0.2) is 0 Å². The summed E-state index contributed by atoms with van der Waals surface area (Å²) < 4.78 is 0. The van der Waals surface area contributed by atoms with Crippen LogP contribution in [0.15, 0.2) is 12.0 Å². The molecule has 46 valence electrons. The maximum atomic E-state index is 4.81. The van der Waals surface area contributed by atoms with Crippen LogP contribution in [0.4, 0.5) is 0 Å². The zero-order valence-electron chi connectivity index (χ0n) is 3.92. The van der Waals surface area contributed by atoms with Crippen molar-refractivity contribution in [1.82, 2.24) is 6.15 Å². The predicted molar refractivity (Wildman–Crippen MR) is 41.1 cm³/mol. The van der Waals surface area contributed by atoms with E-state index in [1.165, 1.54) is 0 Å². The van der Waals surface area contributed by atoms with Crippen molar-refractivity contribution in [3.05, 3.63) is 12.0 Å². The summed E-state index contributed by atoms with van der Waals surface area (Å²) >= 11 is 0. The van der Waals surface area contributed by atoms with Crippen LogP contribution in [0.1, 0.15) is 0 Å². The Morgan fingerprint density at radius 2 is 1.43 bits per heavy atom. The summed E-state index contributed by atoms with van der Waals surface area (Å²) in [5, 5.41) is 0. The summed E-state index contributed by atoms with van der Waals surface area (Å²) in [5.41, 5.74) is 14.4. The molecule has 0 aliphatic rings. The third-order valence-electron chi connectivity index (χ3n) is 0.192. The van der Waals surface area contributed by atoms with Gasteiger partial charge in [0, 0.05) is 6.20 Å². The Morgan fingerprint density at radius 3 is 1.43 bits per heavy atom. The Kier molecular flexibility index (Phi) is 21.0. The number of hydrogen-bond acceptors (Lipinski definition) is 4. The highest BCUT2D eigenvalue weighted by molar-refractivity contribution is 14.0. The minimum absolute atomic E-state index is 0. The third kappa shape index (κ3) is 25.5. The predicted octanol–water partition coefficient (Wildman–Crippen LogP) is -0.559. The van der Waals surface area contributed by atoms with Gasteiger partial charge in [-0.15, -0.1) is 24.0 Å². The normalized spacial score (nSPS) is 4.57. The number of nitrogens with two attached hydrogens (primary N) is 3. The van der Waals surface area contributed by atoms with Gasteiger partial charge in [0.1, 0.15) is 5.82 Å². The first-order valence-electron chi connectivity index (χ1n) is 1.20. The van der Waals surface area contributed by atoms with E-state index in [0.29, 0.717) is 0 Å². The lowest BCUT2D eigenvalue weighted by Gasteiger charge is -1.78. The van der Waals surface area contributed by atoms with Gasteiger partial charge < -0.3 is 23.4 Å². The number of hydrogen-bond donors (Lipinski definition) is 4. The molecule has 0 bridgehead atoms. The Bertz CT molecular complexity index is 47.7. The first-order valence-corrected chi connectivity index (χ1v) is 1.20. The average molecular weight is 218 g/mol. The number of rotatable bonds is 0. The fraction of sp³-hybridized carbons (Fsp3) is 0. The molecule has 9 N–H and O–H groups in total. The van der Waals surface area contributed by atoms with Crippen LogP contribution in [0.25, 0.3) is 0 Å². The van der Waals surface area contributed by atoms with E-state index >= 15 is 0 Å². The molecule has 0 spiro atoms. The monoisotopic (exact) mass is 218 g/mol. The molecule has 0 saturated carbocycles. The molecule has 0 aromatic heterocycles. The van der Waals surface area contributed by atoms with Gasteiger partial charge in [-0.3, -0.25) is 0 Å². The molecular formula is C2H11IN4. The Morgan fingerprint density at radius 1 is 1.29 bits per heavy atom. The fourth-order valence-corrected chi connectivity index (χ4v) is 0.